The van der Waals surface area contributed by atoms with Crippen LogP contribution >= 0.6 is 0 Å². The first-order valence-corrected chi connectivity index (χ1v) is 10.7. The average Bonchev–Trinajstić information content (AvgIpc) is 2.91. The molecule has 2 nitrogen and oxygen atoms in total. The SMILES string of the molecule is C.C.C.C.C.C.C.C.C.C.C.C.C.C.C.C.C.C.C.C.C.C[C@H](O)[C@H]1CCC2C3CCC4C[C@@H](CO)CC[C@]4(C)C3CC[C@@]21C. The Morgan fingerprint density at radius 3 is 1.27 bits per heavy atom. The van der Waals surface area contributed by atoms with Gasteiger partial charge < -0.3 is 10.2 Å². The highest BCUT2D eigenvalue weighted by atomic mass is 16.3. The Kier molecular flexibility index (Phi) is 117. The molecule has 4 saturated carbocycles. The zero-order valence-electron chi connectivity index (χ0n) is 16.0. The third-order valence-electron chi connectivity index (χ3n) is 9.69. The van der Waals surface area contributed by atoms with E-state index in [0.29, 0.717) is 29.3 Å². The lowest BCUT2D eigenvalue weighted by molar-refractivity contribution is -0.126. The van der Waals surface area contributed by atoms with Gasteiger partial charge in [-0.1, -0.05) is 170 Å². The highest BCUT2D eigenvalue weighted by Gasteiger charge is 2.60. The molecule has 0 saturated heterocycles. The predicted molar refractivity (Wildman–Crippen MR) is 239 cm³/mol. The first-order valence-electron chi connectivity index (χ1n) is 10.7. The van der Waals surface area contributed by atoms with Crippen LogP contribution in [0.15, 0.2) is 0 Å². The minimum Gasteiger partial charge on any atom is -0.396 e. The second-order valence-electron chi connectivity index (χ2n) is 10.4. The van der Waals surface area contributed by atoms with Crippen molar-refractivity contribution in [3.63, 3.8) is 0 Å². The summed E-state index contributed by atoms with van der Waals surface area (Å²) in [6.07, 6.45) is 11.8. The van der Waals surface area contributed by atoms with Crippen molar-refractivity contribution < 1.29 is 10.2 Å². The fraction of sp³-hybridized carbons (Fsp3) is 1.00. The van der Waals surface area contributed by atoms with Crippen molar-refractivity contribution in [2.24, 2.45) is 46.3 Å². The van der Waals surface area contributed by atoms with Crippen LogP contribution in [-0.2, 0) is 0 Å². The van der Waals surface area contributed by atoms with Crippen molar-refractivity contribution in [2.75, 3.05) is 6.61 Å². The van der Waals surface area contributed by atoms with Gasteiger partial charge in [0.25, 0.3) is 0 Å². The van der Waals surface area contributed by atoms with E-state index in [4.69, 9.17) is 0 Å². The van der Waals surface area contributed by atoms with Crippen molar-refractivity contribution in [1.82, 2.24) is 0 Å². The summed E-state index contributed by atoms with van der Waals surface area (Å²) in [6, 6.07) is 0. The summed E-state index contributed by atoms with van der Waals surface area (Å²) in [4.78, 5) is 0. The standard InChI is InChI=1S/C22H38O2.21CH4/c1-14(24)18-6-7-19-17-5-4-16-12-15(13-23)8-10-21(16,2)20(17)9-11-22(18,19)3;;;;;;;;;;;;;;;;;;;;;/h14-20,23-24H,4-13H2,1-3H3;21*1H4/t14-,15-,16?,17?,18+,19?,20?,21-,22+;;;;;;;;;;;;;;;;;;;;;/m0...................../s1. The van der Waals surface area contributed by atoms with E-state index in [-0.39, 0.29) is 162 Å². The summed E-state index contributed by atoms with van der Waals surface area (Å²) in [5.74, 6) is 4.60. The maximum Gasteiger partial charge on any atom is 0.0545 e. The van der Waals surface area contributed by atoms with Crippen LogP contribution in [0, 0.1) is 46.3 Å². The molecule has 4 aliphatic rings. The number of rotatable bonds is 2. The van der Waals surface area contributed by atoms with Gasteiger partial charge in [-0.2, -0.15) is 0 Å². The van der Waals surface area contributed by atoms with Gasteiger partial charge in [0.1, 0.15) is 0 Å². The summed E-state index contributed by atoms with van der Waals surface area (Å²) in [5, 5.41) is 19.9. The number of aliphatic hydroxyl groups is 2. The molecule has 4 fully saturated rings. The zero-order chi connectivity index (χ0) is 17.1. The van der Waals surface area contributed by atoms with Crippen LogP contribution in [-0.4, -0.2) is 22.9 Å². The molecule has 2 N–H and O–H groups in total. The van der Waals surface area contributed by atoms with E-state index in [1.165, 1.54) is 57.8 Å². The van der Waals surface area contributed by atoms with Crippen LogP contribution in [0.5, 0.6) is 0 Å². The van der Waals surface area contributed by atoms with Gasteiger partial charge in [0.15, 0.2) is 0 Å². The molecule has 0 aromatic heterocycles. The van der Waals surface area contributed by atoms with E-state index in [1.54, 1.807) is 0 Å². The summed E-state index contributed by atoms with van der Waals surface area (Å²) >= 11 is 0. The van der Waals surface area contributed by atoms with Crippen molar-refractivity contribution in [1.29, 1.82) is 0 Å². The molecular weight excluding hydrogens is 548 g/mol. The number of hydrogen-bond acceptors (Lipinski definition) is 2. The van der Waals surface area contributed by atoms with Crippen molar-refractivity contribution >= 4 is 0 Å². The van der Waals surface area contributed by atoms with Gasteiger partial charge in [-0.3, -0.25) is 0 Å². The van der Waals surface area contributed by atoms with E-state index in [9.17, 15) is 10.2 Å². The molecular formula is C43H122O2. The van der Waals surface area contributed by atoms with Gasteiger partial charge in [0.2, 0.25) is 0 Å². The van der Waals surface area contributed by atoms with Gasteiger partial charge in [0.05, 0.1) is 6.10 Å². The molecule has 0 aromatic carbocycles. The molecule has 0 spiro atoms. The molecule has 4 unspecified atom stereocenters. The Labute approximate surface area is 303 Å². The predicted octanol–water partition coefficient (Wildman–Crippen LogP) is 18.0. The van der Waals surface area contributed by atoms with Gasteiger partial charge in [-0.05, 0) is 111 Å². The molecule has 9 atom stereocenters. The highest BCUT2D eigenvalue weighted by Crippen LogP contribution is 2.68. The van der Waals surface area contributed by atoms with Gasteiger partial charge in [-0.15, -0.1) is 0 Å². The molecule has 0 aromatic rings. The smallest absolute Gasteiger partial charge is 0.0545 e. The number of fused-ring (bicyclic) bond motifs is 5. The highest BCUT2D eigenvalue weighted by molar-refractivity contribution is 5.09. The molecule has 0 aliphatic heterocycles. The number of aliphatic hydroxyl groups excluding tert-OH is 2. The molecule has 4 rings (SSSR count). The second-order valence-corrected chi connectivity index (χ2v) is 10.4. The first kappa shape index (κ1) is 120. The van der Waals surface area contributed by atoms with Crippen LogP contribution in [0.3, 0.4) is 0 Å². The zero-order valence-corrected chi connectivity index (χ0v) is 16.0. The summed E-state index contributed by atoms with van der Waals surface area (Å²) < 4.78 is 0. The third-order valence-corrected chi connectivity index (χ3v) is 9.69. The second kappa shape index (κ2) is 43.9. The van der Waals surface area contributed by atoms with Crippen LogP contribution in [0.1, 0.15) is 235 Å². The normalized spacial score (nSPS) is 29.5. The van der Waals surface area contributed by atoms with Gasteiger partial charge in [0, 0.05) is 6.61 Å². The third kappa shape index (κ3) is 18.9. The monoisotopic (exact) mass is 671 g/mol. The average molecular weight is 671 g/mol. The minimum atomic E-state index is -0.136. The van der Waals surface area contributed by atoms with E-state index in [1.807, 2.05) is 6.92 Å². The molecule has 0 heterocycles. The lowest BCUT2D eigenvalue weighted by Crippen LogP contribution is -2.54. The maximum atomic E-state index is 10.3. The lowest BCUT2D eigenvalue weighted by Gasteiger charge is -2.61. The maximum absolute atomic E-state index is 10.3. The van der Waals surface area contributed by atoms with Crippen molar-refractivity contribution in [3.8, 4) is 0 Å². The van der Waals surface area contributed by atoms with Crippen LogP contribution in [0.2, 0.25) is 0 Å². The summed E-state index contributed by atoms with van der Waals surface area (Å²) in [6.45, 7) is 7.54. The van der Waals surface area contributed by atoms with Crippen molar-refractivity contribution in [3.05, 3.63) is 0 Å². The fourth-order valence-electron chi connectivity index (χ4n) is 8.35. The molecule has 2 heteroatoms. The Morgan fingerprint density at radius 1 is 0.511 bits per heavy atom. The van der Waals surface area contributed by atoms with Crippen LogP contribution in [0.4, 0.5) is 0 Å². The van der Waals surface area contributed by atoms with Gasteiger partial charge in [-0.25, -0.2) is 0 Å². The summed E-state index contributed by atoms with van der Waals surface area (Å²) in [5.41, 5.74) is 0.916. The quantitative estimate of drug-likeness (QED) is 0.307. The van der Waals surface area contributed by atoms with Crippen LogP contribution < -0.4 is 0 Å². The Hall–Kier alpha value is -0.0800. The molecule has 4 aliphatic carbocycles. The van der Waals surface area contributed by atoms with E-state index >= 15 is 0 Å². The largest absolute Gasteiger partial charge is 0.396 e. The lowest BCUT2D eigenvalue weighted by atomic mass is 9.44. The molecule has 306 valence electrons. The van der Waals surface area contributed by atoms with E-state index < -0.39 is 0 Å². The molecule has 0 radical (unpaired) electrons. The summed E-state index contributed by atoms with van der Waals surface area (Å²) in [7, 11) is 0. The molecule has 0 bridgehead atoms. The Bertz CT molecular complexity index is 476. The molecule has 45 heavy (non-hydrogen) atoms. The van der Waals surface area contributed by atoms with E-state index in [0.717, 1.165) is 23.7 Å². The Morgan fingerprint density at radius 2 is 0.889 bits per heavy atom. The van der Waals surface area contributed by atoms with E-state index in [2.05, 4.69) is 13.8 Å². The van der Waals surface area contributed by atoms with Gasteiger partial charge >= 0.3 is 0 Å². The van der Waals surface area contributed by atoms with Crippen LogP contribution in [0.25, 0.3) is 0 Å². The fourth-order valence-corrected chi connectivity index (χ4v) is 8.35. The Balaban J connectivity index is -0.0000000217. The molecule has 0 amide bonds. The minimum absolute atomic E-state index is 0. The van der Waals surface area contributed by atoms with Crippen molar-refractivity contribution in [2.45, 2.75) is 241 Å². The topological polar surface area (TPSA) is 40.5 Å². The first-order chi connectivity index (χ1) is 11.4. The number of hydrogen-bond donors (Lipinski definition) is 2.